The van der Waals surface area contributed by atoms with E-state index in [1.165, 1.54) is 38.5 Å². The zero-order valence-electron chi connectivity index (χ0n) is 12.6. The molecule has 1 aromatic rings. The largest absolute Gasteiger partial charge is 0.476 e. The van der Waals surface area contributed by atoms with E-state index in [-0.39, 0.29) is 0 Å². The van der Waals surface area contributed by atoms with Crippen molar-refractivity contribution in [3.63, 3.8) is 0 Å². The molecule has 1 N–H and O–H groups in total. The Morgan fingerprint density at radius 1 is 0.950 bits per heavy atom. The van der Waals surface area contributed by atoms with Crippen LogP contribution in [0.25, 0.3) is 0 Å². The number of aliphatic carboxylic acids is 1. The van der Waals surface area contributed by atoms with Crippen LogP contribution in [0.5, 0.6) is 0 Å². The predicted octanol–water partition coefficient (Wildman–Crippen LogP) is 4.13. The lowest BCUT2D eigenvalue weighted by Crippen LogP contribution is -2.43. The lowest BCUT2D eigenvalue weighted by atomic mass is 10.0. The molecule has 0 saturated carbocycles. The molecule has 3 heteroatoms. The van der Waals surface area contributed by atoms with Gasteiger partial charge in [0.2, 0.25) is 0 Å². The van der Waals surface area contributed by atoms with E-state index in [2.05, 4.69) is 6.92 Å². The summed E-state index contributed by atoms with van der Waals surface area (Å²) < 4.78 is 1.80. The van der Waals surface area contributed by atoms with Crippen LogP contribution in [0.4, 0.5) is 0 Å². The second-order valence-corrected chi connectivity index (χ2v) is 5.44. The van der Waals surface area contributed by atoms with Crippen LogP contribution >= 0.6 is 0 Å². The van der Waals surface area contributed by atoms with Crippen LogP contribution in [-0.2, 0) is 4.79 Å². The number of hydrogen-bond donors (Lipinski definition) is 1. The third kappa shape index (κ3) is 6.69. The van der Waals surface area contributed by atoms with Gasteiger partial charge in [0.15, 0.2) is 12.4 Å². The number of carboxylic acids is 1. The molecule has 1 atom stereocenters. The molecule has 1 heterocycles. The van der Waals surface area contributed by atoms with E-state index in [4.69, 9.17) is 0 Å². The summed E-state index contributed by atoms with van der Waals surface area (Å²) in [5, 5.41) is 9.31. The summed E-state index contributed by atoms with van der Waals surface area (Å²) in [6.45, 7) is 2.23. The number of rotatable bonds is 11. The molecule has 3 nitrogen and oxygen atoms in total. The Morgan fingerprint density at radius 3 is 2.05 bits per heavy atom. The highest BCUT2D eigenvalue weighted by molar-refractivity contribution is 5.69. The van der Waals surface area contributed by atoms with Crippen molar-refractivity contribution in [1.82, 2.24) is 0 Å². The van der Waals surface area contributed by atoms with Crippen molar-refractivity contribution < 1.29 is 14.5 Å². The van der Waals surface area contributed by atoms with Crippen molar-refractivity contribution in [3.05, 3.63) is 30.6 Å². The van der Waals surface area contributed by atoms with Crippen molar-refractivity contribution in [1.29, 1.82) is 0 Å². The average Bonchev–Trinajstić information content (AvgIpc) is 2.46. The zero-order chi connectivity index (χ0) is 14.6. The van der Waals surface area contributed by atoms with E-state index in [0.29, 0.717) is 0 Å². The minimum atomic E-state index is -0.732. The smallest absolute Gasteiger partial charge is 0.373 e. The molecule has 0 aliphatic carbocycles. The van der Waals surface area contributed by atoms with Crippen LogP contribution in [0.2, 0.25) is 0 Å². The molecule has 0 spiro atoms. The standard InChI is InChI=1S/C17H27NO2/c1-2-3-4-5-6-7-8-10-13-16(17(19)20)18-14-11-9-12-15-18/h9,11-12,14-16H,2-8,10,13H2,1H3/p+1. The molecule has 1 rings (SSSR count). The second-order valence-electron chi connectivity index (χ2n) is 5.44. The van der Waals surface area contributed by atoms with Crippen molar-refractivity contribution in [2.45, 2.75) is 70.8 Å². The number of hydrogen-bond acceptors (Lipinski definition) is 1. The summed E-state index contributed by atoms with van der Waals surface area (Å²) in [6, 6.07) is 5.25. The Kier molecular flexibility index (Phi) is 8.68. The molecule has 0 radical (unpaired) electrons. The van der Waals surface area contributed by atoms with Gasteiger partial charge in [-0.3, -0.25) is 0 Å². The summed E-state index contributed by atoms with van der Waals surface area (Å²) >= 11 is 0. The number of carbonyl (C=O) groups is 1. The molecule has 0 bridgehead atoms. The van der Waals surface area contributed by atoms with Gasteiger partial charge < -0.3 is 5.11 Å². The quantitative estimate of drug-likeness (QED) is 0.488. The first-order chi connectivity index (χ1) is 9.75. The van der Waals surface area contributed by atoms with E-state index >= 15 is 0 Å². The van der Waals surface area contributed by atoms with Gasteiger partial charge >= 0.3 is 5.97 Å². The van der Waals surface area contributed by atoms with Crippen LogP contribution in [0.15, 0.2) is 30.6 Å². The summed E-state index contributed by atoms with van der Waals surface area (Å²) in [4.78, 5) is 11.3. The first-order valence-corrected chi connectivity index (χ1v) is 7.94. The minimum Gasteiger partial charge on any atom is -0.476 e. The average molecular weight is 278 g/mol. The van der Waals surface area contributed by atoms with Crippen LogP contribution in [0.1, 0.15) is 70.8 Å². The molecule has 0 aliphatic heterocycles. The Hall–Kier alpha value is -1.38. The fourth-order valence-electron chi connectivity index (χ4n) is 2.49. The normalized spacial score (nSPS) is 12.2. The number of unbranched alkanes of at least 4 members (excludes halogenated alkanes) is 7. The maximum atomic E-state index is 11.3. The molecular weight excluding hydrogens is 250 g/mol. The highest BCUT2D eigenvalue weighted by Crippen LogP contribution is 2.13. The predicted molar refractivity (Wildman–Crippen MR) is 80.5 cm³/mol. The van der Waals surface area contributed by atoms with Crippen molar-refractivity contribution in [3.8, 4) is 0 Å². The minimum absolute atomic E-state index is 0.420. The van der Waals surface area contributed by atoms with Crippen molar-refractivity contribution >= 4 is 5.97 Å². The number of aromatic nitrogens is 1. The van der Waals surface area contributed by atoms with Gasteiger partial charge in [-0.2, -0.15) is 4.57 Å². The van der Waals surface area contributed by atoms with E-state index in [1.54, 1.807) is 4.57 Å². The molecule has 1 aromatic heterocycles. The molecular formula is C17H28NO2+. The number of carboxylic acid groups (broad SMARTS) is 1. The third-order valence-electron chi connectivity index (χ3n) is 3.71. The van der Waals surface area contributed by atoms with Gasteiger partial charge in [-0.25, -0.2) is 4.79 Å². The third-order valence-corrected chi connectivity index (χ3v) is 3.71. The maximum Gasteiger partial charge on any atom is 0.373 e. The first kappa shape index (κ1) is 16.7. The van der Waals surface area contributed by atoms with Crippen LogP contribution < -0.4 is 4.57 Å². The van der Waals surface area contributed by atoms with Gasteiger partial charge in [0.25, 0.3) is 6.04 Å². The van der Waals surface area contributed by atoms with Crippen molar-refractivity contribution in [2.24, 2.45) is 0 Å². The molecule has 20 heavy (non-hydrogen) atoms. The van der Waals surface area contributed by atoms with E-state index in [9.17, 15) is 9.90 Å². The molecule has 0 amide bonds. The highest BCUT2D eigenvalue weighted by Gasteiger charge is 2.25. The highest BCUT2D eigenvalue weighted by atomic mass is 16.4. The Bertz CT molecular complexity index is 365. The number of nitrogens with zero attached hydrogens (tertiary/aromatic N) is 1. The SMILES string of the molecule is CCCCCCCCCCC(C(=O)O)[n+]1ccccc1. The van der Waals surface area contributed by atoms with Gasteiger partial charge in [-0.1, -0.05) is 57.9 Å². The summed E-state index contributed by atoms with van der Waals surface area (Å²) in [5.74, 6) is -0.732. The van der Waals surface area contributed by atoms with E-state index in [0.717, 1.165) is 19.3 Å². The topological polar surface area (TPSA) is 41.2 Å². The zero-order valence-corrected chi connectivity index (χ0v) is 12.6. The summed E-state index contributed by atoms with van der Waals surface area (Å²) in [6.07, 6.45) is 14.3. The lowest BCUT2D eigenvalue weighted by Gasteiger charge is -2.07. The fourth-order valence-corrected chi connectivity index (χ4v) is 2.49. The lowest BCUT2D eigenvalue weighted by molar-refractivity contribution is -0.711. The number of pyridine rings is 1. The van der Waals surface area contributed by atoms with Gasteiger partial charge in [0.1, 0.15) is 0 Å². The van der Waals surface area contributed by atoms with Crippen LogP contribution in [0.3, 0.4) is 0 Å². The second kappa shape index (κ2) is 10.4. The van der Waals surface area contributed by atoms with E-state index in [1.807, 2.05) is 30.6 Å². The first-order valence-electron chi connectivity index (χ1n) is 7.94. The van der Waals surface area contributed by atoms with Gasteiger partial charge in [-0.05, 0) is 6.42 Å². The summed E-state index contributed by atoms with van der Waals surface area (Å²) in [7, 11) is 0. The molecule has 0 aliphatic rings. The molecule has 0 fully saturated rings. The van der Waals surface area contributed by atoms with Crippen LogP contribution in [-0.4, -0.2) is 11.1 Å². The maximum absolute atomic E-state index is 11.3. The van der Waals surface area contributed by atoms with Gasteiger partial charge in [0, 0.05) is 18.6 Å². The molecule has 0 aromatic carbocycles. The van der Waals surface area contributed by atoms with E-state index < -0.39 is 12.0 Å². The monoisotopic (exact) mass is 278 g/mol. The van der Waals surface area contributed by atoms with Gasteiger partial charge in [-0.15, -0.1) is 0 Å². The Morgan fingerprint density at radius 2 is 1.50 bits per heavy atom. The van der Waals surface area contributed by atoms with Crippen molar-refractivity contribution in [2.75, 3.05) is 0 Å². The Labute approximate surface area is 122 Å². The molecule has 0 saturated heterocycles. The van der Waals surface area contributed by atoms with Gasteiger partial charge in [0.05, 0.1) is 0 Å². The fraction of sp³-hybridized carbons (Fsp3) is 0.647. The molecule has 1 unspecified atom stereocenters. The summed E-state index contributed by atoms with van der Waals surface area (Å²) in [5.41, 5.74) is 0. The van der Waals surface area contributed by atoms with Crippen LogP contribution in [0, 0.1) is 0 Å². The molecule has 112 valence electrons. The Balaban J connectivity index is 2.19.